The molecule has 0 spiro atoms. The molecule has 1 aliphatic rings. The van der Waals surface area contributed by atoms with Gasteiger partial charge in [0, 0.05) is 12.0 Å². The molecule has 0 aliphatic heterocycles. The van der Waals surface area contributed by atoms with Gasteiger partial charge < -0.3 is 14.3 Å². The van der Waals surface area contributed by atoms with Gasteiger partial charge in [-0.1, -0.05) is 60.7 Å². The van der Waals surface area contributed by atoms with Crippen molar-refractivity contribution >= 4 is 5.97 Å². The molecular weight excluding hydrogens is 326 g/mol. The standard InChI is InChI=1S/C22H27NO3/c1-23(2,3)19-15-10-16-20(19)26-21(24)22(25,17-11-6-4-7-12-17)18-13-8-5-9-14-18/h4-9,11-14,19-20H,10,15-16H2,1-3H3. The molecule has 1 saturated carbocycles. The Balaban J connectivity index is 1.94. The molecule has 2 unspecified atom stereocenters. The molecular formula is C22H27NO3. The Labute approximate surface area is 155 Å². The fourth-order valence-electron chi connectivity index (χ4n) is 3.90. The summed E-state index contributed by atoms with van der Waals surface area (Å²) in [5.74, 6) is -0.708. The molecule has 1 aliphatic carbocycles. The lowest BCUT2D eigenvalue weighted by Gasteiger charge is -2.41. The zero-order chi connectivity index (χ0) is 18.8. The van der Waals surface area contributed by atoms with E-state index in [0.29, 0.717) is 11.1 Å². The highest BCUT2D eigenvalue weighted by Gasteiger charge is 2.42. The molecule has 0 amide bonds. The topological polar surface area (TPSA) is 49.4 Å². The van der Waals surface area contributed by atoms with E-state index in [2.05, 4.69) is 21.1 Å². The number of nitrogens with zero attached hydrogens (tertiary/aromatic N) is 1. The fourth-order valence-corrected chi connectivity index (χ4v) is 3.90. The van der Waals surface area contributed by atoms with E-state index in [-0.39, 0.29) is 12.1 Å². The van der Waals surface area contributed by atoms with E-state index in [1.807, 2.05) is 12.1 Å². The minimum absolute atomic E-state index is 0.217. The van der Waals surface area contributed by atoms with Crippen LogP contribution >= 0.6 is 0 Å². The Morgan fingerprint density at radius 3 is 1.92 bits per heavy atom. The third-order valence-corrected chi connectivity index (χ3v) is 5.32. The Kier molecular flexibility index (Phi) is 5.17. The lowest BCUT2D eigenvalue weighted by Crippen LogP contribution is -2.55. The van der Waals surface area contributed by atoms with E-state index in [4.69, 9.17) is 4.74 Å². The molecule has 1 fully saturated rings. The van der Waals surface area contributed by atoms with Crippen molar-refractivity contribution in [1.82, 2.24) is 0 Å². The Morgan fingerprint density at radius 2 is 1.46 bits per heavy atom. The van der Waals surface area contributed by atoms with Crippen molar-refractivity contribution in [2.24, 2.45) is 0 Å². The molecule has 2 aromatic carbocycles. The second-order valence-corrected chi connectivity index (χ2v) is 7.97. The van der Waals surface area contributed by atoms with E-state index < -0.39 is 11.6 Å². The van der Waals surface area contributed by atoms with Crippen LogP contribution in [0.1, 0.15) is 30.4 Å². The van der Waals surface area contributed by atoms with Crippen molar-refractivity contribution in [3.63, 3.8) is 0 Å². The van der Waals surface area contributed by atoms with Gasteiger partial charge >= 0.3 is 5.97 Å². The first-order valence-electron chi connectivity index (χ1n) is 9.17. The smallest absolute Gasteiger partial charge is 0.304 e. The summed E-state index contributed by atoms with van der Waals surface area (Å²) >= 11 is 0. The summed E-state index contributed by atoms with van der Waals surface area (Å²) in [6.07, 6.45) is 2.61. The number of carbonyl (C=O) groups excluding carboxylic acids is 1. The van der Waals surface area contributed by atoms with Crippen LogP contribution in [-0.2, 0) is 15.1 Å². The average Bonchev–Trinajstić information content (AvgIpc) is 3.11. The Bertz CT molecular complexity index is 697. The molecule has 4 nitrogen and oxygen atoms in total. The van der Waals surface area contributed by atoms with Gasteiger partial charge in [0.1, 0.15) is 6.04 Å². The Hall–Kier alpha value is -2.17. The molecule has 2 atom stereocenters. The van der Waals surface area contributed by atoms with Crippen LogP contribution in [0.25, 0.3) is 0 Å². The number of carbonyl (C=O) groups is 1. The molecule has 3 rings (SSSR count). The number of ether oxygens (including phenoxy) is 1. The third-order valence-electron chi connectivity index (χ3n) is 5.32. The monoisotopic (exact) mass is 353 g/mol. The summed E-state index contributed by atoms with van der Waals surface area (Å²) in [4.78, 5) is 13.2. The molecule has 0 radical (unpaired) electrons. The van der Waals surface area contributed by atoms with Crippen molar-refractivity contribution in [1.29, 1.82) is 0 Å². The number of benzene rings is 2. The zero-order valence-corrected chi connectivity index (χ0v) is 15.7. The van der Waals surface area contributed by atoms with Crippen LogP contribution < -0.4 is 5.11 Å². The van der Waals surface area contributed by atoms with Crippen molar-refractivity contribution < 1.29 is 19.1 Å². The van der Waals surface area contributed by atoms with Crippen molar-refractivity contribution in [3.05, 3.63) is 71.8 Å². The van der Waals surface area contributed by atoms with E-state index in [1.54, 1.807) is 48.5 Å². The SMILES string of the molecule is C[N+](C)(C)C1CCCC1OC(=O)C([O-])(c1ccccc1)c1ccccc1. The molecule has 138 valence electrons. The number of quaternary nitrogens is 1. The number of hydrogen-bond donors (Lipinski definition) is 0. The maximum atomic E-state index is 13.9. The van der Waals surface area contributed by atoms with E-state index in [9.17, 15) is 9.90 Å². The summed E-state index contributed by atoms with van der Waals surface area (Å²) in [5.41, 5.74) is -1.23. The zero-order valence-electron chi connectivity index (χ0n) is 15.7. The summed E-state index contributed by atoms with van der Waals surface area (Å²) in [6.45, 7) is 0. The van der Waals surface area contributed by atoms with E-state index in [0.717, 1.165) is 23.7 Å². The highest BCUT2D eigenvalue weighted by molar-refractivity contribution is 5.85. The Morgan fingerprint density at radius 1 is 0.962 bits per heavy atom. The minimum atomic E-state index is -2.06. The van der Waals surface area contributed by atoms with Gasteiger partial charge in [0.25, 0.3) is 0 Å². The fraction of sp³-hybridized carbons (Fsp3) is 0.409. The van der Waals surface area contributed by atoms with Crippen LogP contribution in [0.4, 0.5) is 0 Å². The minimum Gasteiger partial charge on any atom is -0.834 e. The van der Waals surface area contributed by atoms with Crippen LogP contribution in [0, 0.1) is 0 Å². The molecule has 0 saturated heterocycles. The number of likely N-dealkylation sites (N-methyl/N-ethyl adjacent to an activating group) is 1. The van der Waals surface area contributed by atoms with E-state index in [1.165, 1.54) is 0 Å². The maximum Gasteiger partial charge on any atom is 0.304 e. The lowest BCUT2D eigenvalue weighted by molar-refractivity contribution is -0.898. The second kappa shape index (κ2) is 7.22. The molecule has 0 N–H and O–H groups in total. The molecule has 0 heterocycles. The van der Waals surface area contributed by atoms with Gasteiger partial charge in [0.15, 0.2) is 6.10 Å². The lowest BCUT2D eigenvalue weighted by atomic mass is 9.86. The molecule has 0 aromatic heterocycles. The summed E-state index contributed by atoms with van der Waals surface area (Å²) in [5, 5.41) is 13.9. The number of rotatable bonds is 5. The van der Waals surface area contributed by atoms with Crippen LogP contribution in [0.3, 0.4) is 0 Å². The van der Waals surface area contributed by atoms with Crippen LogP contribution in [0.5, 0.6) is 0 Å². The van der Waals surface area contributed by atoms with Gasteiger partial charge in [0.2, 0.25) is 0 Å². The second-order valence-electron chi connectivity index (χ2n) is 7.97. The normalized spacial score (nSPS) is 20.8. The largest absolute Gasteiger partial charge is 0.834 e. The van der Waals surface area contributed by atoms with Crippen LogP contribution in [0.15, 0.2) is 60.7 Å². The highest BCUT2D eigenvalue weighted by atomic mass is 16.6. The predicted molar refractivity (Wildman–Crippen MR) is 99.2 cm³/mol. The van der Waals surface area contributed by atoms with Crippen LogP contribution in [0.2, 0.25) is 0 Å². The molecule has 4 heteroatoms. The van der Waals surface area contributed by atoms with Crippen molar-refractivity contribution in [2.45, 2.75) is 37.0 Å². The van der Waals surface area contributed by atoms with Gasteiger partial charge in [-0.3, -0.25) is 4.79 Å². The third kappa shape index (κ3) is 3.53. The van der Waals surface area contributed by atoms with Gasteiger partial charge in [-0.2, -0.15) is 0 Å². The van der Waals surface area contributed by atoms with E-state index >= 15 is 0 Å². The van der Waals surface area contributed by atoms with Gasteiger partial charge in [-0.05, 0) is 24.0 Å². The van der Waals surface area contributed by atoms with Crippen molar-refractivity contribution in [3.8, 4) is 0 Å². The summed E-state index contributed by atoms with van der Waals surface area (Å²) in [7, 11) is 6.32. The number of hydrogen-bond acceptors (Lipinski definition) is 3. The van der Waals surface area contributed by atoms with Gasteiger partial charge in [-0.25, -0.2) is 0 Å². The highest BCUT2D eigenvalue weighted by Crippen LogP contribution is 2.33. The quantitative estimate of drug-likeness (QED) is 0.613. The molecule has 26 heavy (non-hydrogen) atoms. The maximum absolute atomic E-state index is 13.9. The summed E-state index contributed by atoms with van der Waals surface area (Å²) in [6, 6.07) is 17.8. The van der Waals surface area contributed by atoms with Gasteiger partial charge in [0.05, 0.1) is 21.1 Å². The number of esters is 1. The first kappa shape index (κ1) is 18.6. The predicted octanol–water partition coefficient (Wildman–Crippen LogP) is 2.46. The van der Waals surface area contributed by atoms with Crippen molar-refractivity contribution in [2.75, 3.05) is 21.1 Å². The average molecular weight is 353 g/mol. The van der Waals surface area contributed by atoms with Crippen LogP contribution in [-0.4, -0.2) is 43.7 Å². The first-order valence-corrected chi connectivity index (χ1v) is 9.17. The first-order chi connectivity index (χ1) is 12.3. The van der Waals surface area contributed by atoms with Gasteiger partial charge in [-0.15, -0.1) is 0 Å². The summed E-state index contributed by atoms with van der Waals surface area (Å²) < 4.78 is 6.58. The molecule has 2 aromatic rings. The molecule has 0 bridgehead atoms.